The fourth-order valence-electron chi connectivity index (χ4n) is 3.47. The molecule has 0 bridgehead atoms. The highest BCUT2D eigenvalue weighted by Gasteiger charge is 2.15. The topological polar surface area (TPSA) is 94.0 Å². The molecule has 9 heteroatoms. The third-order valence-corrected chi connectivity index (χ3v) is 6.92. The molecule has 7 nitrogen and oxygen atoms in total. The molecule has 0 heterocycles. The number of thioether (sulfide) groups is 1. The summed E-state index contributed by atoms with van der Waals surface area (Å²) in [6, 6.07) is 18.5. The van der Waals surface area contributed by atoms with Gasteiger partial charge in [0.1, 0.15) is 5.75 Å². The van der Waals surface area contributed by atoms with E-state index in [2.05, 4.69) is 34.6 Å². The van der Waals surface area contributed by atoms with E-state index in [1.54, 1.807) is 36.4 Å². The van der Waals surface area contributed by atoms with E-state index in [-0.39, 0.29) is 17.2 Å². The average molecular weight is 539 g/mol. The minimum atomic E-state index is -0.523. The van der Waals surface area contributed by atoms with Gasteiger partial charge in [-0.2, -0.15) is 16.9 Å². The first kappa shape index (κ1) is 28.2. The minimum absolute atomic E-state index is 0.139. The molecule has 0 fully saturated rings. The molecule has 0 radical (unpaired) electrons. The number of hydrogen-bond acceptors (Lipinski definition) is 6. The molecule has 0 saturated carbocycles. The number of benzene rings is 3. The predicted molar refractivity (Wildman–Crippen MR) is 153 cm³/mol. The van der Waals surface area contributed by atoms with Gasteiger partial charge in [0, 0.05) is 28.6 Å². The second kappa shape index (κ2) is 14.4. The van der Waals surface area contributed by atoms with Crippen molar-refractivity contribution in [3.63, 3.8) is 0 Å². The molecule has 0 aliphatic rings. The number of phenolic OH excluding ortho intramolecular Hbond substituents is 1. The number of carbonyl (C=O) groups excluding carboxylic acids is 2. The van der Waals surface area contributed by atoms with Gasteiger partial charge in [-0.3, -0.25) is 9.59 Å². The van der Waals surface area contributed by atoms with Crippen LogP contribution in [-0.2, 0) is 5.75 Å². The number of hydrazone groups is 1. The highest BCUT2D eigenvalue weighted by atomic mass is 35.5. The lowest BCUT2D eigenvalue weighted by atomic mass is 10.1. The number of rotatable bonds is 12. The maximum absolute atomic E-state index is 12.9. The quantitative estimate of drug-likeness (QED) is 0.158. The fraction of sp³-hybridized carbons (Fsp3) is 0.250. The molecule has 2 amide bonds. The molecular weight excluding hydrogens is 508 g/mol. The summed E-state index contributed by atoms with van der Waals surface area (Å²) in [4.78, 5) is 28.0. The van der Waals surface area contributed by atoms with Crippen LogP contribution in [0, 0.1) is 0 Å². The van der Waals surface area contributed by atoms with Gasteiger partial charge in [-0.25, -0.2) is 5.43 Å². The van der Waals surface area contributed by atoms with Gasteiger partial charge in [0.15, 0.2) is 0 Å². The fourth-order valence-corrected chi connectivity index (χ4v) is 4.60. The van der Waals surface area contributed by atoms with Crippen molar-refractivity contribution in [3.05, 3.63) is 94.0 Å². The lowest BCUT2D eigenvalue weighted by Crippen LogP contribution is -2.25. The summed E-state index contributed by atoms with van der Waals surface area (Å²) in [5.74, 6) is 1.23. The molecule has 0 aromatic heterocycles. The maximum Gasteiger partial charge on any atom is 0.273 e. The van der Waals surface area contributed by atoms with Crippen LogP contribution >= 0.6 is 23.4 Å². The Hall–Kier alpha value is -3.33. The van der Waals surface area contributed by atoms with Gasteiger partial charge in [-0.05, 0) is 78.8 Å². The zero-order valence-corrected chi connectivity index (χ0v) is 22.5. The van der Waals surface area contributed by atoms with Crippen molar-refractivity contribution in [2.45, 2.75) is 19.6 Å². The molecule has 0 unspecified atom stereocenters. The number of aromatic hydroxyl groups is 1. The van der Waals surface area contributed by atoms with Gasteiger partial charge in [-0.15, -0.1) is 0 Å². The molecule has 0 saturated heterocycles. The number of halogens is 1. The standard InChI is InChI=1S/C28H31ClN4O3S/c1-3-33(4-2)15-16-37-19-21-5-9-22(10-6-21)27(35)31-26-14-11-23(29)17-25(26)28(36)32-30-18-20-7-12-24(34)13-8-20/h5-14,17-18,34H,3-4,15-16,19H2,1-2H3,(H,31,35)(H,32,36)/b30-18+. The zero-order valence-electron chi connectivity index (χ0n) is 20.9. The summed E-state index contributed by atoms with van der Waals surface area (Å²) in [5.41, 5.74) is 5.29. The largest absolute Gasteiger partial charge is 0.508 e. The van der Waals surface area contributed by atoms with Crippen LogP contribution in [0.25, 0.3) is 0 Å². The van der Waals surface area contributed by atoms with Crippen LogP contribution in [0.15, 0.2) is 71.8 Å². The maximum atomic E-state index is 12.9. The second-order valence-electron chi connectivity index (χ2n) is 8.21. The first-order valence-electron chi connectivity index (χ1n) is 12.0. The molecule has 0 atom stereocenters. The Kier molecular flexibility index (Phi) is 11.0. The Balaban J connectivity index is 1.59. The molecule has 0 aliphatic carbocycles. The predicted octanol–water partition coefficient (Wildman–Crippen LogP) is 5.64. The Labute approximate surface area is 226 Å². The molecule has 3 aromatic carbocycles. The van der Waals surface area contributed by atoms with Gasteiger partial charge in [-0.1, -0.05) is 37.6 Å². The van der Waals surface area contributed by atoms with E-state index in [9.17, 15) is 14.7 Å². The number of amides is 2. The van der Waals surface area contributed by atoms with Gasteiger partial charge < -0.3 is 15.3 Å². The normalized spacial score (nSPS) is 11.1. The van der Waals surface area contributed by atoms with Crippen LogP contribution in [0.1, 0.15) is 45.7 Å². The zero-order chi connectivity index (χ0) is 26.6. The second-order valence-corrected chi connectivity index (χ2v) is 9.75. The van der Waals surface area contributed by atoms with Gasteiger partial charge >= 0.3 is 0 Å². The highest BCUT2D eigenvalue weighted by molar-refractivity contribution is 7.98. The van der Waals surface area contributed by atoms with Crippen LogP contribution in [0.2, 0.25) is 5.02 Å². The van der Waals surface area contributed by atoms with Crippen molar-refractivity contribution < 1.29 is 14.7 Å². The highest BCUT2D eigenvalue weighted by Crippen LogP contribution is 2.22. The summed E-state index contributed by atoms with van der Waals surface area (Å²) in [6.45, 7) is 7.53. The van der Waals surface area contributed by atoms with E-state index in [0.29, 0.717) is 21.8 Å². The van der Waals surface area contributed by atoms with Gasteiger partial charge in [0.2, 0.25) is 0 Å². The number of phenols is 1. The molecule has 194 valence electrons. The van der Waals surface area contributed by atoms with Crippen molar-refractivity contribution >= 4 is 47.1 Å². The molecule has 3 N–H and O–H groups in total. The molecule has 3 aromatic rings. The monoisotopic (exact) mass is 538 g/mol. The number of anilines is 1. The van der Waals surface area contributed by atoms with Crippen molar-refractivity contribution in [2.24, 2.45) is 5.10 Å². The number of hydrogen-bond donors (Lipinski definition) is 3. The van der Waals surface area contributed by atoms with Crippen LogP contribution in [0.5, 0.6) is 5.75 Å². The Morgan fingerprint density at radius 2 is 1.70 bits per heavy atom. The van der Waals surface area contributed by atoms with E-state index in [1.165, 1.54) is 24.4 Å². The average Bonchev–Trinajstić information content (AvgIpc) is 2.91. The van der Waals surface area contributed by atoms with Crippen LogP contribution in [0.3, 0.4) is 0 Å². The molecule has 0 spiro atoms. The summed E-state index contributed by atoms with van der Waals surface area (Å²) in [7, 11) is 0. The lowest BCUT2D eigenvalue weighted by Gasteiger charge is -2.17. The third kappa shape index (κ3) is 8.93. The number of nitrogens with zero attached hydrogens (tertiary/aromatic N) is 2. The first-order valence-corrected chi connectivity index (χ1v) is 13.5. The SMILES string of the molecule is CCN(CC)CCSCc1ccc(C(=O)Nc2ccc(Cl)cc2C(=O)N/N=C/c2ccc(O)cc2)cc1. The van der Waals surface area contributed by atoms with E-state index in [4.69, 9.17) is 11.6 Å². The summed E-state index contributed by atoms with van der Waals surface area (Å²) >= 11 is 7.98. The molecule has 3 rings (SSSR count). The van der Waals surface area contributed by atoms with Crippen molar-refractivity contribution in [1.29, 1.82) is 0 Å². The van der Waals surface area contributed by atoms with Gasteiger partial charge in [0.25, 0.3) is 11.8 Å². The third-order valence-electron chi connectivity index (χ3n) is 5.68. The van der Waals surface area contributed by atoms with Crippen molar-refractivity contribution in [1.82, 2.24) is 10.3 Å². The number of carbonyl (C=O) groups is 2. The first-order chi connectivity index (χ1) is 17.9. The van der Waals surface area contributed by atoms with Crippen molar-refractivity contribution in [3.8, 4) is 5.75 Å². The summed E-state index contributed by atoms with van der Waals surface area (Å²) in [5, 5.41) is 16.5. The molecule has 37 heavy (non-hydrogen) atoms. The molecule has 0 aliphatic heterocycles. The molecular formula is C28H31ClN4O3S. The summed E-state index contributed by atoms with van der Waals surface area (Å²) < 4.78 is 0. The smallest absolute Gasteiger partial charge is 0.273 e. The van der Waals surface area contributed by atoms with Crippen LogP contribution in [0.4, 0.5) is 5.69 Å². The Bertz CT molecular complexity index is 1210. The van der Waals surface area contributed by atoms with Crippen LogP contribution < -0.4 is 10.7 Å². The van der Waals surface area contributed by atoms with Crippen LogP contribution in [-0.4, -0.2) is 53.4 Å². The number of nitrogens with one attached hydrogen (secondary N) is 2. The van der Waals surface area contributed by atoms with E-state index in [0.717, 1.165) is 36.7 Å². The minimum Gasteiger partial charge on any atom is -0.508 e. The van der Waals surface area contributed by atoms with Gasteiger partial charge in [0.05, 0.1) is 17.5 Å². The van der Waals surface area contributed by atoms with E-state index >= 15 is 0 Å². The Morgan fingerprint density at radius 3 is 2.38 bits per heavy atom. The lowest BCUT2D eigenvalue weighted by molar-refractivity contribution is 0.0956. The van der Waals surface area contributed by atoms with E-state index in [1.807, 2.05) is 23.9 Å². The van der Waals surface area contributed by atoms with E-state index < -0.39 is 5.91 Å². The van der Waals surface area contributed by atoms with Crippen molar-refractivity contribution in [2.75, 3.05) is 30.7 Å². The summed E-state index contributed by atoms with van der Waals surface area (Å²) in [6.07, 6.45) is 1.45. The Morgan fingerprint density at radius 1 is 1.00 bits per heavy atom.